The Morgan fingerprint density at radius 1 is 0.460 bits per heavy atom. The predicted octanol–water partition coefficient (Wildman–Crippen LogP) is 12.0. The maximum Gasteiger partial charge on any atom is 0.238 e. The largest absolute Gasteiger partial charge is 0.278 e. The first-order chi connectivity index (χ1) is 28.5. The topological polar surface area (TPSA) is 43.6 Å². The third-order valence-corrected chi connectivity index (χ3v) is 10.1. The van der Waals surface area contributed by atoms with E-state index in [4.69, 9.17) is 25.9 Å². The van der Waals surface area contributed by atoms with E-state index < -0.39 is 30.2 Å². The lowest BCUT2D eigenvalue weighted by atomic mass is 10.0. The lowest BCUT2D eigenvalue weighted by molar-refractivity contribution is 0.954. The molecule has 3 heterocycles. The minimum atomic E-state index is -0.516. The predicted molar refractivity (Wildman–Crippen MR) is 209 cm³/mol. The molecule has 0 atom stereocenters. The molecular weight excluding hydrogens is 629 g/mol. The van der Waals surface area contributed by atoms with E-state index in [0.717, 1.165) is 36.9 Å². The average Bonchev–Trinajstić information content (AvgIpc) is 3.83. The number of thiophene rings is 1. The lowest BCUT2D eigenvalue weighted by Crippen LogP contribution is -2.06. The van der Waals surface area contributed by atoms with E-state index in [-0.39, 0.29) is 52.1 Å². The van der Waals surface area contributed by atoms with E-state index >= 15 is 0 Å². The Hall–Kier alpha value is -6.43. The minimum absolute atomic E-state index is 0.0286. The molecule has 10 aromatic rings. The number of fused-ring (bicyclic) bond motifs is 6. The lowest BCUT2D eigenvalue weighted by Gasteiger charge is -2.12. The van der Waals surface area contributed by atoms with Gasteiger partial charge in [-0.2, -0.15) is 9.97 Å². The summed E-state index contributed by atoms with van der Waals surface area (Å²) < 4.78 is 81.5. The molecule has 0 N–H and O–H groups in total. The molecule has 0 aliphatic rings. The summed E-state index contributed by atoms with van der Waals surface area (Å²) in [5.74, 6) is 0.806. The molecule has 0 fully saturated rings. The van der Waals surface area contributed by atoms with Crippen molar-refractivity contribution in [2.45, 2.75) is 0 Å². The first kappa shape index (κ1) is 20.8. The van der Waals surface area contributed by atoms with Crippen LogP contribution in [0.5, 0.6) is 0 Å². The van der Waals surface area contributed by atoms with Crippen molar-refractivity contribution in [3.63, 3.8) is 0 Å². The fourth-order valence-electron chi connectivity index (χ4n) is 6.58. The zero-order chi connectivity index (χ0) is 40.9. The Labute approximate surface area is 305 Å². The van der Waals surface area contributed by atoms with Gasteiger partial charge in [-0.15, -0.1) is 11.3 Å². The van der Waals surface area contributed by atoms with Crippen LogP contribution in [0.2, 0.25) is 0 Å². The molecule has 0 saturated heterocycles. The molecule has 4 nitrogen and oxygen atoms in total. The Bertz CT molecular complexity index is 3370. The van der Waals surface area contributed by atoms with Crippen LogP contribution >= 0.6 is 11.3 Å². The van der Waals surface area contributed by atoms with Gasteiger partial charge >= 0.3 is 0 Å². The molecule has 234 valence electrons. The zero-order valence-electron chi connectivity index (χ0n) is 35.2. The Morgan fingerprint density at radius 3 is 2.10 bits per heavy atom. The maximum absolute atomic E-state index is 9.23. The molecule has 0 aliphatic carbocycles. The van der Waals surface area contributed by atoms with Crippen molar-refractivity contribution in [1.29, 1.82) is 0 Å². The van der Waals surface area contributed by atoms with Crippen molar-refractivity contribution in [3.8, 4) is 51.0 Å². The van der Waals surface area contributed by atoms with Gasteiger partial charge in [0.1, 0.15) is 0 Å². The summed E-state index contributed by atoms with van der Waals surface area (Å²) >= 11 is 1.63. The molecule has 5 heteroatoms. The van der Waals surface area contributed by atoms with Gasteiger partial charge in [0.25, 0.3) is 0 Å². The number of benzene rings is 7. The molecule has 7 aromatic carbocycles. The van der Waals surface area contributed by atoms with E-state index in [0.29, 0.717) is 28.1 Å². The molecule has 0 spiro atoms. The van der Waals surface area contributed by atoms with Crippen LogP contribution in [0.15, 0.2) is 170 Å². The number of nitrogens with zero attached hydrogens (tertiary/aromatic N) is 4. The molecule has 0 bridgehead atoms. The summed E-state index contributed by atoms with van der Waals surface area (Å²) in [7, 11) is 0. The summed E-state index contributed by atoms with van der Waals surface area (Å²) in [4.78, 5) is 15.3. The summed E-state index contributed by atoms with van der Waals surface area (Å²) in [5.41, 5.74) is 4.21. The van der Waals surface area contributed by atoms with Crippen molar-refractivity contribution in [2.24, 2.45) is 0 Å². The van der Waals surface area contributed by atoms with E-state index in [2.05, 4.69) is 18.2 Å². The minimum Gasteiger partial charge on any atom is -0.278 e. The van der Waals surface area contributed by atoms with Gasteiger partial charge < -0.3 is 0 Å². The normalized spacial score (nSPS) is 14.1. The second-order valence-electron chi connectivity index (χ2n) is 11.8. The van der Waals surface area contributed by atoms with Crippen molar-refractivity contribution in [2.75, 3.05) is 0 Å². The second-order valence-corrected chi connectivity index (χ2v) is 12.9. The molecule has 10 rings (SSSR count). The van der Waals surface area contributed by atoms with Crippen LogP contribution in [0.4, 0.5) is 0 Å². The highest BCUT2D eigenvalue weighted by Crippen LogP contribution is 2.40. The van der Waals surface area contributed by atoms with Gasteiger partial charge in [-0.1, -0.05) is 133 Å². The first-order valence-corrected chi connectivity index (χ1v) is 16.8. The molecule has 0 saturated carbocycles. The Kier molecular flexibility index (Phi) is 4.84. The molecule has 50 heavy (non-hydrogen) atoms. The third kappa shape index (κ3) is 4.71. The van der Waals surface area contributed by atoms with E-state index in [1.807, 2.05) is 78.9 Å². The number of aromatic nitrogens is 4. The third-order valence-electron chi connectivity index (χ3n) is 8.88. The Morgan fingerprint density at radius 2 is 1.18 bits per heavy atom. The molecule has 0 aliphatic heterocycles. The van der Waals surface area contributed by atoms with Gasteiger partial charge in [0.15, 0.2) is 11.6 Å². The van der Waals surface area contributed by atoms with Crippen LogP contribution < -0.4 is 0 Å². The van der Waals surface area contributed by atoms with E-state index in [1.54, 1.807) is 34.1 Å². The molecular formula is C45H28N4S. The number of hydrogen-bond acceptors (Lipinski definition) is 4. The van der Waals surface area contributed by atoms with Crippen LogP contribution in [0, 0.1) is 0 Å². The highest BCUT2D eigenvalue weighted by atomic mass is 32.1. The van der Waals surface area contributed by atoms with Gasteiger partial charge in [-0.05, 0) is 58.6 Å². The van der Waals surface area contributed by atoms with Gasteiger partial charge in [0.05, 0.1) is 23.4 Å². The van der Waals surface area contributed by atoms with E-state index in [1.165, 1.54) is 0 Å². The van der Waals surface area contributed by atoms with Gasteiger partial charge in [0.2, 0.25) is 5.95 Å². The van der Waals surface area contributed by atoms with Crippen molar-refractivity contribution in [3.05, 3.63) is 170 Å². The number of para-hydroxylation sites is 1. The average molecular weight is 666 g/mol. The highest BCUT2D eigenvalue weighted by Gasteiger charge is 2.20. The fourth-order valence-corrected chi connectivity index (χ4v) is 7.80. The van der Waals surface area contributed by atoms with E-state index in [9.17, 15) is 1.37 Å². The maximum atomic E-state index is 9.23. The Balaban J connectivity index is 1.30. The van der Waals surface area contributed by atoms with Crippen LogP contribution in [0.1, 0.15) is 12.3 Å². The molecule has 3 aromatic heterocycles. The SMILES string of the molecule is [2H]c1c([2H])c([2H])c(-c2ccc3c(c2)c2c([2H])c([2H])c([2H])c([2H])c2n3-c2nc(-c3cccc(-c4ccccc4)c3)nc(-c3cccc4c3sc3ccccc34)n2)c([2H])c1[2H]. The van der Waals surface area contributed by atoms with Gasteiger partial charge in [-0.3, -0.25) is 4.57 Å². The summed E-state index contributed by atoms with van der Waals surface area (Å²) in [6, 6.07) is 33.1. The van der Waals surface area contributed by atoms with Crippen molar-refractivity contribution >= 4 is 53.3 Å². The zero-order valence-corrected chi connectivity index (χ0v) is 27.0. The quantitative estimate of drug-likeness (QED) is 0.184. The monoisotopic (exact) mass is 665 g/mol. The van der Waals surface area contributed by atoms with Crippen molar-refractivity contribution < 1.29 is 12.3 Å². The molecule has 0 unspecified atom stereocenters. The smallest absolute Gasteiger partial charge is 0.238 e. The number of rotatable bonds is 5. The van der Waals surface area contributed by atoms with Gasteiger partial charge in [-0.25, -0.2) is 4.98 Å². The summed E-state index contributed by atoms with van der Waals surface area (Å²) in [5, 5.41) is 2.68. The van der Waals surface area contributed by atoms with Gasteiger partial charge in [0, 0.05) is 42.1 Å². The summed E-state index contributed by atoms with van der Waals surface area (Å²) in [6.45, 7) is 0. The second kappa shape index (κ2) is 11.6. The summed E-state index contributed by atoms with van der Waals surface area (Å²) in [6.07, 6.45) is 0. The van der Waals surface area contributed by atoms with Crippen LogP contribution in [-0.2, 0) is 0 Å². The molecule has 0 amide bonds. The van der Waals surface area contributed by atoms with Crippen LogP contribution in [0.3, 0.4) is 0 Å². The van der Waals surface area contributed by atoms with Crippen LogP contribution in [-0.4, -0.2) is 19.5 Å². The standard InChI is InChI=1S/C45H28N4S/c1-3-13-29(14-4-1)31-17-11-18-33(27-31)43-46-44(37-22-12-21-36-35-20-8-10-24-41(35)50-42(36)37)48-45(47-43)49-39-23-9-7-19-34(39)38-28-32(25-26-40(38)49)30-15-5-2-6-16-30/h1-28H/i2D,5D,6D,7D,9D,15D,16D,19D,23D. The highest BCUT2D eigenvalue weighted by molar-refractivity contribution is 7.26. The fraction of sp³-hybridized carbons (Fsp3) is 0. The van der Waals surface area contributed by atoms with Crippen molar-refractivity contribution in [1.82, 2.24) is 19.5 Å². The van der Waals surface area contributed by atoms with Crippen LogP contribution in [0.25, 0.3) is 93.0 Å². The number of hydrogen-bond donors (Lipinski definition) is 0. The first-order valence-electron chi connectivity index (χ1n) is 20.5. The molecule has 0 radical (unpaired) electrons.